The van der Waals surface area contributed by atoms with Gasteiger partial charge in [-0.15, -0.1) is 0 Å². The van der Waals surface area contributed by atoms with Crippen LogP contribution in [0.1, 0.15) is 63.0 Å². The van der Waals surface area contributed by atoms with Crippen LogP contribution in [0.25, 0.3) is 0 Å². The second kappa shape index (κ2) is 7.63. The predicted octanol–water partition coefficient (Wildman–Crippen LogP) is 5.21. The Morgan fingerprint density at radius 1 is 1.10 bits per heavy atom. The van der Waals surface area contributed by atoms with E-state index in [4.69, 9.17) is 4.74 Å². The van der Waals surface area contributed by atoms with E-state index in [0.29, 0.717) is 5.75 Å². The fourth-order valence-corrected chi connectivity index (χ4v) is 3.37. The van der Waals surface area contributed by atoms with E-state index < -0.39 is 0 Å². The van der Waals surface area contributed by atoms with Crippen molar-refractivity contribution in [3.8, 4) is 5.75 Å². The van der Waals surface area contributed by atoms with E-state index >= 15 is 0 Å². The molecule has 1 saturated carbocycles. The molecule has 0 amide bonds. The summed E-state index contributed by atoms with van der Waals surface area (Å²) in [5.74, 6) is 1.60. The highest BCUT2D eigenvalue weighted by Crippen LogP contribution is 2.33. The zero-order valence-electron chi connectivity index (χ0n) is 13.7. The van der Waals surface area contributed by atoms with Crippen LogP contribution in [0.15, 0.2) is 18.2 Å². The van der Waals surface area contributed by atoms with Gasteiger partial charge in [-0.05, 0) is 68.7 Å². The first-order valence-corrected chi connectivity index (χ1v) is 8.38. The molecule has 0 spiro atoms. The standard InChI is InChI=1S/C19H28O2/c1-4-5-6-16-7-9-17(10-8-16)19(20)21-18-12-14(2)11-15(3)13-18/h11-13,16-17H,4-10H2,1-3H3. The van der Waals surface area contributed by atoms with Gasteiger partial charge in [-0.2, -0.15) is 0 Å². The van der Waals surface area contributed by atoms with Crippen molar-refractivity contribution in [1.82, 2.24) is 0 Å². The summed E-state index contributed by atoms with van der Waals surface area (Å²) in [6.45, 7) is 6.30. The summed E-state index contributed by atoms with van der Waals surface area (Å²) < 4.78 is 5.59. The highest BCUT2D eigenvalue weighted by Gasteiger charge is 2.27. The van der Waals surface area contributed by atoms with E-state index in [1.54, 1.807) is 0 Å². The minimum Gasteiger partial charge on any atom is -0.426 e. The minimum atomic E-state index is -0.0334. The number of hydrogen-bond acceptors (Lipinski definition) is 2. The Balaban J connectivity index is 1.84. The summed E-state index contributed by atoms with van der Waals surface area (Å²) in [6, 6.07) is 5.98. The number of hydrogen-bond donors (Lipinski definition) is 0. The van der Waals surface area contributed by atoms with Crippen molar-refractivity contribution in [3.05, 3.63) is 29.3 Å². The Hall–Kier alpha value is -1.31. The Labute approximate surface area is 128 Å². The summed E-state index contributed by atoms with van der Waals surface area (Å²) in [5, 5.41) is 0. The van der Waals surface area contributed by atoms with E-state index in [-0.39, 0.29) is 11.9 Å². The molecule has 0 N–H and O–H groups in total. The SMILES string of the molecule is CCCCC1CCC(C(=O)Oc2cc(C)cc(C)c2)CC1. The lowest BCUT2D eigenvalue weighted by Gasteiger charge is -2.27. The third kappa shape index (κ3) is 4.87. The van der Waals surface area contributed by atoms with Gasteiger partial charge in [-0.25, -0.2) is 0 Å². The van der Waals surface area contributed by atoms with Gasteiger partial charge in [-0.1, -0.05) is 32.3 Å². The van der Waals surface area contributed by atoms with Gasteiger partial charge >= 0.3 is 5.97 Å². The zero-order valence-corrected chi connectivity index (χ0v) is 13.7. The third-order valence-corrected chi connectivity index (χ3v) is 4.56. The molecule has 1 aliphatic rings. The summed E-state index contributed by atoms with van der Waals surface area (Å²) in [7, 11) is 0. The lowest BCUT2D eigenvalue weighted by molar-refractivity contribution is -0.140. The smallest absolute Gasteiger partial charge is 0.314 e. The number of carbonyl (C=O) groups excluding carboxylic acids is 1. The average molecular weight is 288 g/mol. The Kier molecular flexibility index (Phi) is 5.84. The van der Waals surface area contributed by atoms with Crippen LogP contribution in [0.5, 0.6) is 5.75 Å². The molecule has 0 bridgehead atoms. The number of rotatable bonds is 5. The van der Waals surface area contributed by atoms with E-state index in [0.717, 1.165) is 29.9 Å². The molecule has 21 heavy (non-hydrogen) atoms. The van der Waals surface area contributed by atoms with Gasteiger partial charge in [0, 0.05) is 0 Å². The molecule has 0 saturated heterocycles. The first kappa shape index (κ1) is 16.1. The van der Waals surface area contributed by atoms with Crippen LogP contribution in [-0.4, -0.2) is 5.97 Å². The van der Waals surface area contributed by atoms with E-state index in [1.165, 1.54) is 32.1 Å². The molecule has 2 rings (SSSR count). The van der Waals surface area contributed by atoms with Crippen molar-refractivity contribution in [1.29, 1.82) is 0 Å². The number of aryl methyl sites for hydroxylation is 2. The molecule has 0 aromatic heterocycles. The highest BCUT2D eigenvalue weighted by molar-refractivity contribution is 5.75. The van der Waals surface area contributed by atoms with Crippen molar-refractivity contribution in [3.63, 3.8) is 0 Å². The van der Waals surface area contributed by atoms with Gasteiger partial charge in [0.1, 0.15) is 5.75 Å². The van der Waals surface area contributed by atoms with E-state index in [9.17, 15) is 4.79 Å². The summed E-state index contributed by atoms with van der Waals surface area (Å²) in [4.78, 5) is 12.3. The highest BCUT2D eigenvalue weighted by atomic mass is 16.5. The van der Waals surface area contributed by atoms with Crippen LogP contribution < -0.4 is 4.74 Å². The predicted molar refractivity (Wildman–Crippen MR) is 86.5 cm³/mol. The van der Waals surface area contributed by atoms with Gasteiger partial charge in [0.05, 0.1) is 5.92 Å². The molecule has 1 aromatic carbocycles. The van der Waals surface area contributed by atoms with Crippen LogP contribution in [0, 0.1) is 25.7 Å². The lowest BCUT2D eigenvalue weighted by atomic mass is 9.80. The Morgan fingerprint density at radius 3 is 2.29 bits per heavy atom. The van der Waals surface area contributed by atoms with Crippen LogP contribution in [0.2, 0.25) is 0 Å². The molecule has 2 nitrogen and oxygen atoms in total. The molecule has 0 heterocycles. The molecule has 0 unspecified atom stereocenters. The largest absolute Gasteiger partial charge is 0.426 e. The Bertz CT molecular complexity index is 450. The quantitative estimate of drug-likeness (QED) is 0.549. The van der Waals surface area contributed by atoms with Crippen molar-refractivity contribution in [2.75, 3.05) is 0 Å². The number of benzene rings is 1. The molecule has 1 fully saturated rings. The third-order valence-electron chi connectivity index (χ3n) is 4.56. The average Bonchev–Trinajstić information content (AvgIpc) is 2.44. The normalized spacial score (nSPS) is 22.0. The summed E-state index contributed by atoms with van der Waals surface area (Å²) in [5.41, 5.74) is 2.28. The van der Waals surface area contributed by atoms with Crippen molar-refractivity contribution in [2.45, 2.75) is 65.7 Å². The first-order valence-electron chi connectivity index (χ1n) is 8.38. The Morgan fingerprint density at radius 2 is 1.71 bits per heavy atom. The molecule has 2 heteroatoms. The molecule has 116 valence electrons. The molecule has 1 aliphatic carbocycles. The molecular weight excluding hydrogens is 260 g/mol. The molecule has 0 radical (unpaired) electrons. The maximum absolute atomic E-state index is 12.3. The van der Waals surface area contributed by atoms with Crippen molar-refractivity contribution < 1.29 is 9.53 Å². The van der Waals surface area contributed by atoms with Gasteiger partial charge in [0.2, 0.25) is 0 Å². The zero-order chi connectivity index (χ0) is 15.2. The number of unbranched alkanes of at least 4 members (excludes halogenated alkanes) is 1. The van der Waals surface area contributed by atoms with Crippen molar-refractivity contribution >= 4 is 5.97 Å². The van der Waals surface area contributed by atoms with Crippen LogP contribution in [-0.2, 0) is 4.79 Å². The number of esters is 1. The first-order chi connectivity index (χ1) is 10.1. The molecular formula is C19H28O2. The fraction of sp³-hybridized carbons (Fsp3) is 0.632. The maximum atomic E-state index is 12.3. The van der Waals surface area contributed by atoms with E-state index in [2.05, 4.69) is 13.0 Å². The summed E-state index contributed by atoms with van der Waals surface area (Å²) >= 11 is 0. The fourth-order valence-electron chi connectivity index (χ4n) is 3.37. The second-order valence-electron chi connectivity index (χ2n) is 6.60. The molecule has 1 aromatic rings. The van der Waals surface area contributed by atoms with E-state index in [1.807, 2.05) is 26.0 Å². The lowest BCUT2D eigenvalue weighted by Crippen LogP contribution is -2.25. The van der Waals surface area contributed by atoms with Crippen molar-refractivity contribution in [2.24, 2.45) is 11.8 Å². The van der Waals surface area contributed by atoms with Gasteiger partial charge in [0.15, 0.2) is 0 Å². The monoisotopic (exact) mass is 288 g/mol. The van der Waals surface area contributed by atoms with Crippen LogP contribution in [0.4, 0.5) is 0 Å². The summed E-state index contributed by atoms with van der Waals surface area (Å²) in [6.07, 6.45) is 8.29. The number of ether oxygens (including phenoxy) is 1. The van der Waals surface area contributed by atoms with Gasteiger partial charge in [-0.3, -0.25) is 4.79 Å². The topological polar surface area (TPSA) is 26.3 Å². The van der Waals surface area contributed by atoms with Crippen LogP contribution >= 0.6 is 0 Å². The molecule has 0 atom stereocenters. The minimum absolute atomic E-state index is 0.0334. The maximum Gasteiger partial charge on any atom is 0.314 e. The van der Waals surface area contributed by atoms with Gasteiger partial charge < -0.3 is 4.74 Å². The van der Waals surface area contributed by atoms with Gasteiger partial charge in [0.25, 0.3) is 0 Å². The molecule has 0 aliphatic heterocycles. The van der Waals surface area contributed by atoms with Crippen LogP contribution in [0.3, 0.4) is 0 Å². The number of carbonyl (C=O) groups is 1. The second-order valence-corrected chi connectivity index (χ2v) is 6.60.